The van der Waals surface area contributed by atoms with Crippen molar-refractivity contribution in [1.29, 1.82) is 0 Å². The number of fused-ring (bicyclic) bond motifs is 1. The largest absolute Gasteiger partial charge is 0.336 e. The smallest absolute Gasteiger partial charge is 0.288 e. The highest BCUT2D eigenvalue weighted by Crippen LogP contribution is 2.19. The van der Waals surface area contributed by atoms with Gasteiger partial charge in [0.15, 0.2) is 0 Å². The van der Waals surface area contributed by atoms with Gasteiger partial charge in [0.25, 0.3) is 5.56 Å². The first-order valence-electron chi connectivity index (χ1n) is 8.82. The van der Waals surface area contributed by atoms with Gasteiger partial charge >= 0.3 is 5.69 Å². The van der Waals surface area contributed by atoms with Crippen molar-refractivity contribution in [2.75, 3.05) is 0 Å². The van der Waals surface area contributed by atoms with E-state index in [0.29, 0.717) is 22.4 Å². The predicted molar refractivity (Wildman–Crippen MR) is 111 cm³/mol. The summed E-state index contributed by atoms with van der Waals surface area (Å²) in [5.41, 5.74) is 5.20. The molecule has 0 bridgehead atoms. The summed E-state index contributed by atoms with van der Waals surface area (Å²) in [4.78, 5) is 26.3. The first-order chi connectivity index (χ1) is 13.0. The first-order valence-corrected chi connectivity index (χ1v) is 9.70. The van der Waals surface area contributed by atoms with E-state index in [0.717, 1.165) is 16.7 Å². The van der Waals surface area contributed by atoms with Crippen molar-refractivity contribution in [1.82, 2.24) is 9.13 Å². The van der Waals surface area contributed by atoms with Gasteiger partial charge in [-0.1, -0.05) is 41.5 Å². The number of hydrogen-bond acceptors (Lipinski definition) is 3. The van der Waals surface area contributed by atoms with Crippen LogP contribution in [-0.4, -0.2) is 9.13 Å². The minimum atomic E-state index is -0.310. The van der Waals surface area contributed by atoms with Gasteiger partial charge in [0, 0.05) is 0 Å². The van der Waals surface area contributed by atoms with Crippen LogP contribution in [0.3, 0.4) is 0 Å². The van der Waals surface area contributed by atoms with Crippen LogP contribution in [0.5, 0.6) is 0 Å². The number of aryl methyl sites for hydroxylation is 3. The van der Waals surface area contributed by atoms with Crippen LogP contribution in [0.1, 0.15) is 22.3 Å². The zero-order valence-electron chi connectivity index (χ0n) is 15.5. The fourth-order valence-corrected chi connectivity index (χ4v) is 4.18. The molecule has 0 aliphatic rings. The average molecular weight is 376 g/mol. The second kappa shape index (κ2) is 6.67. The maximum Gasteiger partial charge on any atom is 0.336 e. The van der Waals surface area contributed by atoms with Gasteiger partial charge in [-0.3, -0.25) is 9.36 Å². The van der Waals surface area contributed by atoms with Gasteiger partial charge in [0.2, 0.25) is 0 Å². The highest BCUT2D eigenvalue weighted by Gasteiger charge is 2.16. The van der Waals surface area contributed by atoms with E-state index >= 15 is 0 Å². The Morgan fingerprint density at radius 2 is 1.59 bits per heavy atom. The van der Waals surface area contributed by atoms with Crippen LogP contribution in [-0.2, 0) is 6.54 Å². The molecular formula is C22H20N2O2S. The summed E-state index contributed by atoms with van der Waals surface area (Å²) in [7, 11) is 0. The van der Waals surface area contributed by atoms with E-state index in [9.17, 15) is 9.59 Å². The second-order valence-corrected chi connectivity index (χ2v) is 7.83. The Kier molecular flexibility index (Phi) is 4.32. The second-order valence-electron chi connectivity index (χ2n) is 6.91. The Hall–Kier alpha value is -2.92. The predicted octanol–water partition coefficient (Wildman–Crippen LogP) is 4.19. The minimum Gasteiger partial charge on any atom is -0.288 e. The maximum atomic E-state index is 13.3. The topological polar surface area (TPSA) is 44.0 Å². The van der Waals surface area contributed by atoms with Crippen LogP contribution in [0.4, 0.5) is 0 Å². The summed E-state index contributed by atoms with van der Waals surface area (Å²) in [6.07, 6.45) is 0. The van der Waals surface area contributed by atoms with Crippen LogP contribution in [0.15, 0.2) is 63.5 Å². The van der Waals surface area contributed by atoms with Crippen LogP contribution in [0, 0.1) is 20.8 Å². The maximum absolute atomic E-state index is 13.3. The van der Waals surface area contributed by atoms with Crippen molar-refractivity contribution in [3.05, 3.63) is 97.0 Å². The molecule has 0 fully saturated rings. The van der Waals surface area contributed by atoms with Crippen molar-refractivity contribution in [2.24, 2.45) is 0 Å². The van der Waals surface area contributed by atoms with Crippen molar-refractivity contribution in [3.63, 3.8) is 0 Å². The van der Waals surface area contributed by atoms with E-state index in [1.54, 1.807) is 4.57 Å². The molecule has 0 atom stereocenters. The lowest BCUT2D eigenvalue weighted by molar-refractivity contribution is 0.713. The molecule has 4 nitrogen and oxygen atoms in total. The number of aromatic nitrogens is 2. The van der Waals surface area contributed by atoms with Crippen LogP contribution in [0.25, 0.3) is 15.9 Å². The Morgan fingerprint density at radius 3 is 2.30 bits per heavy atom. The van der Waals surface area contributed by atoms with Gasteiger partial charge in [-0.15, -0.1) is 11.3 Å². The summed E-state index contributed by atoms with van der Waals surface area (Å²) < 4.78 is 3.58. The average Bonchev–Trinajstić information content (AvgIpc) is 3.12. The quantitative estimate of drug-likeness (QED) is 0.538. The summed E-state index contributed by atoms with van der Waals surface area (Å²) in [5.74, 6) is 0. The zero-order valence-corrected chi connectivity index (χ0v) is 16.3. The Labute approximate surface area is 161 Å². The molecular weight excluding hydrogens is 356 g/mol. The normalized spacial score (nSPS) is 11.2. The molecule has 0 aliphatic carbocycles. The monoisotopic (exact) mass is 376 g/mol. The third-order valence-corrected chi connectivity index (χ3v) is 5.77. The summed E-state index contributed by atoms with van der Waals surface area (Å²) in [6.45, 7) is 6.52. The highest BCUT2D eigenvalue weighted by atomic mass is 32.1. The van der Waals surface area contributed by atoms with Crippen molar-refractivity contribution >= 4 is 21.6 Å². The van der Waals surface area contributed by atoms with Crippen LogP contribution in [0.2, 0.25) is 0 Å². The molecule has 2 aromatic heterocycles. The van der Waals surface area contributed by atoms with Gasteiger partial charge in [-0.05, 0) is 55.5 Å². The Morgan fingerprint density at radius 1 is 0.889 bits per heavy atom. The van der Waals surface area contributed by atoms with Crippen molar-refractivity contribution in [2.45, 2.75) is 27.3 Å². The molecule has 0 radical (unpaired) electrons. The van der Waals surface area contributed by atoms with E-state index < -0.39 is 0 Å². The van der Waals surface area contributed by atoms with E-state index in [2.05, 4.69) is 19.1 Å². The number of nitrogens with zero attached hydrogens (tertiary/aromatic N) is 2. The number of benzene rings is 2. The lowest BCUT2D eigenvalue weighted by Crippen LogP contribution is -2.38. The van der Waals surface area contributed by atoms with Gasteiger partial charge in [0.05, 0.1) is 17.7 Å². The molecule has 2 heterocycles. The molecule has 0 saturated carbocycles. The van der Waals surface area contributed by atoms with E-state index in [-0.39, 0.29) is 11.2 Å². The van der Waals surface area contributed by atoms with Gasteiger partial charge < -0.3 is 0 Å². The third-order valence-electron chi connectivity index (χ3n) is 4.87. The summed E-state index contributed by atoms with van der Waals surface area (Å²) >= 11 is 1.37. The molecule has 0 N–H and O–H groups in total. The standard InChI is InChI=1S/C22H20N2O2S/c1-14-5-8-18(9-6-14)24-21(25)20-19(10-11-27-20)23(22(24)26)13-17-7-4-15(2)12-16(17)3/h4-12H,13H2,1-3H3. The van der Waals surface area contributed by atoms with Crippen LogP contribution >= 0.6 is 11.3 Å². The molecule has 0 amide bonds. The third kappa shape index (κ3) is 3.04. The van der Waals surface area contributed by atoms with Crippen LogP contribution < -0.4 is 11.2 Å². The first kappa shape index (κ1) is 17.5. The molecule has 136 valence electrons. The Balaban J connectivity index is 1.98. The summed E-state index contributed by atoms with van der Waals surface area (Å²) in [6, 6.07) is 15.5. The molecule has 4 aromatic rings. The molecule has 2 aromatic carbocycles. The van der Waals surface area contributed by atoms with E-state index in [4.69, 9.17) is 0 Å². The fraction of sp³-hybridized carbons (Fsp3) is 0.182. The fourth-order valence-electron chi connectivity index (χ4n) is 3.36. The van der Waals surface area contributed by atoms with Crippen molar-refractivity contribution in [3.8, 4) is 5.69 Å². The molecule has 0 aliphatic heterocycles. The van der Waals surface area contributed by atoms with E-state index in [1.165, 1.54) is 21.5 Å². The SMILES string of the molecule is Cc1ccc(-n2c(=O)c3sccc3n(Cc3ccc(C)cc3C)c2=O)cc1. The van der Waals surface area contributed by atoms with E-state index in [1.807, 2.05) is 55.6 Å². The lowest BCUT2D eigenvalue weighted by Gasteiger charge is -2.14. The minimum absolute atomic E-state index is 0.259. The molecule has 5 heteroatoms. The van der Waals surface area contributed by atoms with Gasteiger partial charge in [-0.25, -0.2) is 9.36 Å². The molecule has 0 unspecified atom stereocenters. The lowest BCUT2D eigenvalue weighted by atomic mass is 10.1. The van der Waals surface area contributed by atoms with Crippen molar-refractivity contribution < 1.29 is 0 Å². The highest BCUT2D eigenvalue weighted by molar-refractivity contribution is 7.17. The number of rotatable bonds is 3. The Bertz CT molecular complexity index is 1260. The van der Waals surface area contributed by atoms with Gasteiger partial charge in [0.1, 0.15) is 4.70 Å². The van der Waals surface area contributed by atoms with Gasteiger partial charge in [-0.2, -0.15) is 0 Å². The molecule has 0 spiro atoms. The summed E-state index contributed by atoms with van der Waals surface area (Å²) in [5, 5.41) is 1.86. The molecule has 0 saturated heterocycles. The number of hydrogen-bond donors (Lipinski definition) is 0. The molecule has 4 rings (SSSR count). The molecule has 27 heavy (non-hydrogen) atoms. The number of thiophene rings is 1. The zero-order chi connectivity index (χ0) is 19.1.